The van der Waals surface area contributed by atoms with E-state index in [9.17, 15) is 9.59 Å². The van der Waals surface area contributed by atoms with Gasteiger partial charge < -0.3 is 5.32 Å². The summed E-state index contributed by atoms with van der Waals surface area (Å²) in [4.78, 5) is 26.3. The van der Waals surface area contributed by atoms with Crippen LogP contribution in [0.15, 0.2) is 48.5 Å². The molecule has 1 heterocycles. The van der Waals surface area contributed by atoms with Crippen molar-refractivity contribution in [1.29, 1.82) is 0 Å². The molecule has 1 atom stereocenters. The number of benzene rings is 2. The number of carbonyl (C=O) groups is 2. The lowest BCUT2D eigenvalue weighted by atomic mass is 10.2. The van der Waals surface area contributed by atoms with E-state index in [-0.39, 0.29) is 11.8 Å². The number of anilines is 2. The summed E-state index contributed by atoms with van der Waals surface area (Å²) < 4.78 is 0. The molecule has 1 aliphatic rings. The first-order valence-electron chi connectivity index (χ1n) is 7.20. The Morgan fingerprint density at radius 2 is 1.70 bits per heavy atom. The highest BCUT2D eigenvalue weighted by molar-refractivity contribution is 6.39. The SMILES string of the molecule is O=C(Nc1c(Cl)cccc1Cl)C1CCC(=O)N1c1ccccc1. The molecule has 0 aromatic heterocycles. The van der Waals surface area contributed by atoms with Gasteiger partial charge in [0.25, 0.3) is 0 Å². The maximum atomic E-state index is 12.6. The van der Waals surface area contributed by atoms with Gasteiger partial charge in [-0.05, 0) is 30.7 Å². The van der Waals surface area contributed by atoms with Crippen LogP contribution in [0.4, 0.5) is 11.4 Å². The van der Waals surface area contributed by atoms with E-state index in [1.54, 1.807) is 18.2 Å². The maximum Gasteiger partial charge on any atom is 0.247 e. The molecule has 118 valence electrons. The van der Waals surface area contributed by atoms with Crippen molar-refractivity contribution in [2.24, 2.45) is 0 Å². The minimum absolute atomic E-state index is 0.0680. The first-order chi connectivity index (χ1) is 11.1. The number of hydrogen-bond donors (Lipinski definition) is 1. The molecule has 0 bridgehead atoms. The molecular formula is C17H14Cl2N2O2. The van der Waals surface area contributed by atoms with Crippen molar-refractivity contribution in [3.63, 3.8) is 0 Å². The van der Waals surface area contributed by atoms with Crippen molar-refractivity contribution in [1.82, 2.24) is 0 Å². The summed E-state index contributed by atoms with van der Waals surface area (Å²) in [6, 6.07) is 13.6. The van der Waals surface area contributed by atoms with Crippen LogP contribution in [0.5, 0.6) is 0 Å². The summed E-state index contributed by atoms with van der Waals surface area (Å²) in [7, 11) is 0. The van der Waals surface area contributed by atoms with Gasteiger partial charge in [0, 0.05) is 12.1 Å². The largest absolute Gasteiger partial charge is 0.322 e. The van der Waals surface area contributed by atoms with E-state index in [1.807, 2.05) is 30.3 Å². The van der Waals surface area contributed by atoms with Gasteiger partial charge in [0.05, 0.1) is 15.7 Å². The lowest BCUT2D eigenvalue weighted by Gasteiger charge is -2.24. The number of carbonyl (C=O) groups excluding carboxylic acids is 2. The normalized spacial score (nSPS) is 17.4. The van der Waals surface area contributed by atoms with Crippen LogP contribution >= 0.6 is 23.2 Å². The van der Waals surface area contributed by atoms with Gasteiger partial charge in [-0.3, -0.25) is 14.5 Å². The Kier molecular flexibility index (Phi) is 4.55. The van der Waals surface area contributed by atoms with Crippen LogP contribution in [0.3, 0.4) is 0 Å². The van der Waals surface area contributed by atoms with Gasteiger partial charge in [0.1, 0.15) is 6.04 Å². The number of para-hydroxylation sites is 2. The van der Waals surface area contributed by atoms with Crippen molar-refractivity contribution >= 4 is 46.4 Å². The lowest BCUT2D eigenvalue weighted by molar-refractivity contribution is -0.120. The predicted octanol–water partition coefficient (Wildman–Crippen LogP) is 4.13. The molecular weight excluding hydrogens is 335 g/mol. The fraction of sp³-hybridized carbons (Fsp3) is 0.176. The predicted molar refractivity (Wildman–Crippen MR) is 92.0 cm³/mol. The van der Waals surface area contributed by atoms with E-state index in [0.717, 1.165) is 0 Å². The van der Waals surface area contributed by atoms with Crippen molar-refractivity contribution in [2.75, 3.05) is 10.2 Å². The van der Waals surface area contributed by atoms with Crippen LogP contribution in [0, 0.1) is 0 Å². The quantitative estimate of drug-likeness (QED) is 0.906. The molecule has 0 aliphatic carbocycles. The lowest BCUT2D eigenvalue weighted by Crippen LogP contribution is -2.41. The van der Waals surface area contributed by atoms with E-state index < -0.39 is 6.04 Å². The molecule has 6 heteroatoms. The Morgan fingerprint density at radius 1 is 1.04 bits per heavy atom. The Labute approximate surface area is 144 Å². The van der Waals surface area contributed by atoms with Gasteiger partial charge in [0.2, 0.25) is 11.8 Å². The highest BCUT2D eigenvalue weighted by atomic mass is 35.5. The molecule has 23 heavy (non-hydrogen) atoms. The van der Waals surface area contributed by atoms with Crippen LogP contribution in [-0.2, 0) is 9.59 Å². The molecule has 3 rings (SSSR count). The zero-order valence-corrected chi connectivity index (χ0v) is 13.6. The van der Waals surface area contributed by atoms with Gasteiger partial charge in [-0.2, -0.15) is 0 Å². The van der Waals surface area contributed by atoms with E-state index in [0.29, 0.717) is 34.3 Å². The van der Waals surface area contributed by atoms with Crippen molar-refractivity contribution in [2.45, 2.75) is 18.9 Å². The molecule has 0 radical (unpaired) electrons. The standard InChI is InChI=1S/C17H14Cl2N2O2/c18-12-7-4-8-13(19)16(12)20-17(23)14-9-10-15(22)21(14)11-5-2-1-3-6-11/h1-8,14H,9-10H2,(H,20,23). The smallest absolute Gasteiger partial charge is 0.247 e. The second kappa shape index (κ2) is 6.60. The highest BCUT2D eigenvalue weighted by Gasteiger charge is 2.37. The minimum Gasteiger partial charge on any atom is -0.322 e. The summed E-state index contributed by atoms with van der Waals surface area (Å²) in [5.41, 5.74) is 1.08. The van der Waals surface area contributed by atoms with Gasteiger partial charge in [-0.1, -0.05) is 47.5 Å². The molecule has 1 saturated heterocycles. The second-order valence-electron chi connectivity index (χ2n) is 5.24. The fourth-order valence-corrected chi connectivity index (χ4v) is 3.16. The number of amides is 2. The number of halogens is 2. The molecule has 2 amide bonds. The second-order valence-corrected chi connectivity index (χ2v) is 6.05. The minimum atomic E-state index is -0.572. The van der Waals surface area contributed by atoms with Crippen LogP contribution in [0.1, 0.15) is 12.8 Å². The third-order valence-electron chi connectivity index (χ3n) is 3.76. The molecule has 2 aromatic carbocycles. The van der Waals surface area contributed by atoms with Crippen LogP contribution in [-0.4, -0.2) is 17.9 Å². The molecule has 0 saturated carbocycles. The monoisotopic (exact) mass is 348 g/mol. The maximum absolute atomic E-state index is 12.6. The summed E-state index contributed by atoms with van der Waals surface area (Å²) in [6.07, 6.45) is 0.796. The number of nitrogens with zero attached hydrogens (tertiary/aromatic N) is 1. The first kappa shape index (κ1) is 15.8. The first-order valence-corrected chi connectivity index (χ1v) is 7.95. The van der Waals surface area contributed by atoms with Crippen LogP contribution < -0.4 is 10.2 Å². The summed E-state index contributed by atoms with van der Waals surface area (Å²) in [6.45, 7) is 0. The van der Waals surface area contributed by atoms with E-state index in [2.05, 4.69) is 5.32 Å². The molecule has 1 unspecified atom stereocenters. The van der Waals surface area contributed by atoms with Crippen LogP contribution in [0.2, 0.25) is 10.0 Å². The zero-order chi connectivity index (χ0) is 16.4. The number of rotatable bonds is 3. The van der Waals surface area contributed by atoms with Crippen molar-refractivity contribution in [3.05, 3.63) is 58.6 Å². The molecule has 1 fully saturated rings. The van der Waals surface area contributed by atoms with Gasteiger partial charge in [-0.15, -0.1) is 0 Å². The Balaban J connectivity index is 1.85. The summed E-state index contributed by atoms with van der Waals surface area (Å²) in [5, 5.41) is 3.47. The average Bonchev–Trinajstić information content (AvgIpc) is 2.93. The summed E-state index contributed by atoms with van der Waals surface area (Å²) in [5.74, 6) is -0.365. The molecule has 1 N–H and O–H groups in total. The van der Waals surface area contributed by atoms with E-state index in [4.69, 9.17) is 23.2 Å². The highest BCUT2D eigenvalue weighted by Crippen LogP contribution is 2.32. The van der Waals surface area contributed by atoms with Gasteiger partial charge >= 0.3 is 0 Å². The number of hydrogen-bond acceptors (Lipinski definition) is 2. The third-order valence-corrected chi connectivity index (χ3v) is 4.39. The fourth-order valence-electron chi connectivity index (χ4n) is 2.67. The van der Waals surface area contributed by atoms with Crippen molar-refractivity contribution < 1.29 is 9.59 Å². The Morgan fingerprint density at radius 3 is 2.35 bits per heavy atom. The van der Waals surface area contributed by atoms with E-state index in [1.165, 1.54) is 4.90 Å². The molecule has 2 aromatic rings. The number of nitrogens with one attached hydrogen (secondary N) is 1. The third kappa shape index (κ3) is 3.19. The average molecular weight is 349 g/mol. The summed E-state index contributed by atoms with van der Waals surface area (Å²) >= 11 is 12.2. The van der Waals surface area contributed by atoms with Gasteiger partial charge in [0.15, 0.2) is 0 Å². The van der Waals surface area contributed by atoms with Gasteiger partial charge in [-0.25, -0.2) is 0 Å². The van der Waals surface area contributed by atoms with Crippen molar-refractivity contribution in [3.8, 4) is 0 Å². The zero-order valence-electron chi connectivity index (χ0n) is 12.1. The molecule has 0 spiro atoms. The Bertz CT molecular complexity index is 729. The molecule has 1 aliphatic heterocycles. The molecule has 4 nitrogen and oxygen atoms in total. The van der Waals surface area contributed by atoms with Crippen LogP contribution in [0.25, 0.3) is 0 Å². The Hall–Kier alpha value is -2.04. The van der Waals surface area contributed by atoms with E-state index >= 15 is 0 Å². The topological polar surface area (TPSA) is 49.4 Å².